The number of piperidine rings is 1. The minimum Gasteiger partial charge on any atom is -0.354 e. The number of amides is 3. The third-order valence-corrected chi connectivity index (χ3v) is 4.51. The predicted molar refractivity (Wildman–Crippen MR) is 89.0 cm³/mol. The monoisotopic (exact) mass is 346 g/mol. The fourth-order valence-corrected chi connectivity index (χ4v) is 3.22. The van der Waals surface area contributed by atoms with Crippen molar-refractivity contribution in [2.45, 2.75) is 38.1 Å². The van der Waals surface area contributed by atoms with Crippen LogP contribution in [0.2, 0.25) is 0 Å². The molecule has 2 atom stereocenters. The summed E-state index contributed by atoms with van der Waals surface area (Å²) >= 11 is 0. The Balaban J connectivity index is 0.00000264. The molecule has 0 saturated carbocycles. The fourth-order valence-electron chi connectivity index (χ4n) is 3.22. The molecule has 7 nitrogen and oxygen atoms in total. The highest BCUT2D eigenvalue weighted by Gasteiger charge is 2.37. The molecule has 2 unspecified atom stereocenters. The fraction of sp³-hybridized carbons (Fsp3) is 0.800. The Hall–Kier alpha value is -1.34. The highest BCUT2D eigenvalue weighted by Crippen LogP contribution is 2.24. The van der Waals surface area contributed by atoms with E-state index in [0.717, 1.165) is 19.3 Å². The topological polar surface area (TPSA) is 95.7 Å². The van der Waals surface area contributed by atoms with Gasteiger partial charge in [-0.15, -0.1) is 12.4 Å². The highest BCUT2D eigenvalue weighted by molar-refractivity contribution is 5.89. The summed E-state index contributed by atoms with van der Waals surface area (Å²) in [6.07, 6.45) is 3.55. The van der Waals surface area contributed by atoms with Gasteiger partial charge in [0.25, 0.3) is 0 Å². The molecule has 132 valence electrons. The standard InChI is InChI=1S/C15H26N4O3.ClH/c1-18-10-11(8-14(18)21)15(22)19-7-3-2-4-12(19)9-17-13(20)5-6-16;/h11-12H,2-10,16H2,1H3,(H,17,20);1H. The molecule has 2 aliphatic rings. The van der Waals surface area contributed by atoms with E-state index in [0.29, 0.717) is 39.0 Å². The molecule has 3 N–H and O–H groups in total. The van der Waals surface area contributed by atoms with E-state index in [4.69, 9.17) is 5.73 Å². The minimum atomic E-state index is -0.238. The maximum absolute atomic E-state index is 12.7. The van der Waals surface area contributed by atoms with Gasteiger partial charge in [0, 0.05) is 52.1 Å². The first-order valence-corrected chi connectivity index (χ1v) is 8.04. The molecule has 0 bridgehead atoms. The van der Waals surface area contributed by atoms with Crippen molar-refractivity contribution in [3.63, 3.8) is 0 Å². The van der Waals surface area contributed by atoms with Gasteiger partial charge in [-0.3, -0.25) is 14.4 Å². The Morgan fingerprint density at radius 3 is 2.70 bits per heavy atom. The minimum absolute atomic E-state index is 0. The van der Waals surface area contributed by atoms with Crippen LogP contribution in [0.4, 0.5) is 0 Å². The van der Waals surface area contributed by atoms with Crippen LogP contribution in [0, 0.1) is 5.92 Å². The maximum Gasteiger partial charge on any atom is 0.228 e. The van der Waals surface area contributed by atoms with Crippen molar-refractivity contribution >= 4 is 30.1 Å². The largest absolute Gasteiger partial charge is 0.354 e. The molecule has 0 spiro atoms. The average molecular weight is 347 g/mol. The zero-order chi connectivity index (χ0) is 16.1. The second-order valence-corrected chi connectivity index (χ2v) is 6.20. The zero-order valence-electron chi connectivity index (χ0n) is 13.6. The summed E-state index contributed by atoms with van der Waals surface area (Å²) in [5, 5.41) is 2.86. The number of carbonyl (C=O) groups excluding carboxylic acids is 3. The Bertz CT molecular complexity index is 446. The predicted octanol–water partition coefficient (Wildman–Crippen LogP) is -0.267. The summed E-state index contributed by atoms with van der Waals surface area (Å²) in [4.78, 5) is 39.4. The van der Waals surface area contributed by atoms with E-state index in [1.165, 1.54) is 0 Å². The summed E-state index contributed by atoms with van der Waals surface area (Å²) in [7, 11) is 1.73. The van der Waals surface area contributed by atoms with Gasteiger partial charge < -0.3 is 20.9 Å². The van der Waals surface area contributed by atoms with Gasteiger partial charge in [-0.2, -0.15) is 0 Å². The summed E-state index contributed by atoms with van der Waals surface area (Å²) in [5.41, 5.74) is 5.36. The Morgan fingerprint density at radius 1 is 1.35 bits per heavy atom. The Labute approximate surface area is 143 Å². The number of rotatable bonds is 5. The Kier molecular flexibility index (Phi) is 7.78. The van der Waals surface area contributed by atoms with E-state index >= 15 is 0 Å². The molecule has 8 heteroatoms. The number of likely N-dealkylation sites (tertiary alicyclic amines) is 2. The van der Waals surface area contributed by atoms with Crippen molar-refractivity contribution in [1.29, 1.82) is 0 Å². The van der Waals surface area contributed by atoms with Crippen molar-refractivity contribution in [2.24, 2.45) is 11.7 Å². The van der Waals surface area contributed by atoms with Gasteiger partial charge in [0.2, 0.25) is 17.7 Å². The molecular formula is C15H27ClN4O3. The number of halogens is 1. The lowest BCUT2D eigenvalue weighted by Gasteiger charge is -2.37. The molecule has 0 aliphatic carbocycles. The lowest BCUT2D eigenvalue weighted by molar-refractivity contribution is -0.139. The van der Waals surface area contributed by atoms with Crippen molar-refractivity contribution in [2.75, 3.05) is 33.2 Å². The van der Waals surface area contributed by atoms with Gasteiger partial charge >= 0.3 is 0 Å². The van der Waals surface area contributed by atoms with Crippen LogP contribution in [0.25, 0.3) is 0 Å². The van der Waals surface area contributed by atoms with Gasteiger partial charge in [0.1, 0.15) is 0 Å². The quantitative estimate of drug-likeness (QED) is 0.716. The van der Waals surface area contributed by atoms with Crippen LogP contribution < -0.4 is 11.1 Å². The van der Waals surface area contributed by atoms with Gasteiger partial charge in [-0.05, 0) is 19.3 Å². The molecule has 2 aliphatic heterocycles. The molecule has 3 amide bonds. The third kappa shape index (κ3) is 5.07. The molecule has 0 aromatic rings. The van der Waals surface area contributed by atoms with E-state index in [2.05, 4.69) is 5.32 Å². The van der Waals surface area contributed by atoms with E-state index in [9.17, 15) is 14.4 Å². The number of nitrogens with two attached hydrogens (primary N) is 1. The van der Waals surface area contributed by atoms with E-state index in [1.54, 1.807) is 11.9 Å². The van der Waals surface area contributed by atoms with Crippen LogP contribution in [0.15, 0.2) is 0 Å². The summed E-state index contributed by atoms with van der Waals surface area (Å²) < 4.78 is 0. The van der Waals surface area contributed by atoms with Gasteiger partial charge in [-0.1, -0.05) is 0 Å². The van der Waals surface area contributed by atoms with Crippen molar-refractivity contribution in [3.05, 3.63) is 0 Å². The molecule has 2 saturated heterocycles. The van der Waals surface area contributed by atoms with Gasteiger partial charge in [0.15, 0.2) is 0 Å². The lowest BCUT2D eigenvalue weighted by atomic mass is 9.98. The van der Waals surface area contributed by atoms with Crippen LogP contribution in [-0.4, -0.2) is 66.8 Å². The smallest absolute Gasteiger partial charge is 0.228 e. The van der Waals surface area contributed by atoms with Crippen LogP contribution in [-0.2, 0) is 14.4 Å². The number of hydrogen-bond donors (Lipinski definition) is 2. The van der Waals surface area contributed by atoms with Crippen LogP contribution in [0.3, 0.4) is 0 Å². The number of carbonyl (C=O) groups is 3. The molecule has 2 rings (SSSR count). The summed E-state index contributed by atoms with van der Waals surface area (Å²) in [6.45, 7) is 2.02. The first-order valence-electron chi connectivity index (χ1n) is 8.04. The summed E-state index contributed by atoms with van der Waals surface area (Å²) in [5.74, 6) is -0.229. The molecule has 2 fully saturated rings. The van der Waals surface area contributed by atoms with E-state index in [-0.39, 0.29) is 42.1 Å². The maximum atomic E-state index is 12.7. The lowest BCUT2D eigenvalue weighted by Crippen LogP contribution is -2.51. The SMILES string of the molecule is CN1CC(C(=O)N2CCCCC2CNC(=O)CCN)CC1=O.Cl. The normalized spacial score (nSPS) is 24.3. The Morgan fingerprint density at radius 2 is 2.09 bits per heavy atom. The first-order chi connectivity index (χ1) is 10.5. The molecule has 2 heterocycles. The van der Waals surface area contributed by atoms with Crippen LogP contribution >= 0.6 is 12.4 Å². The molecule has 23 heavy (non-hydrogen) atoms. The van der Waals surface area contributed by atoms with Crippen molar-refractivity contribution in [3.8, 4) is 0 Å². The van der Waals surface area contributed by atoms with Gasteiger partial charge in [0.05, 0.1) is 5.92 Å². The third-order valence-electron chi connectivity index (χ3n) is 4.51. The number of nitrogens with zero attached hydrogens (tertiary/aromatic N) is 2. The highest BCUT2D eigenvalue weighted by atomic mass is 35.5. The van der Waals surface area contributed by atoms with E-state index < -0.39 is 0 Å². The van der Waals surface area contributed by atoms with Crippen LogP contribution in [0.1, 0.15) is 32.1 Å². The second kappa shape index (κ2) is 9.08. The average Bonchev–Trinajstić information content (AvgIpc) is 2.84. The summed E-state index contributed by atoms with van der Waals surface area (Å²) in [6, 6.07) is 0.0315. The molecule has 0 aromatic carbocycles. The van der Waals surface area contributed by atoms with Crippen molar-refractivity contribution < 1.29 is 14.4 Å². The van der Waals surface area contributed by atoms with E-state index in [1.807, 2.05) is 4.90 Å². The number of hydrogen-bond acceptors (Lipinski definition) is 4. The van der Waals surface area contributed by atoms with Crippen molar-refractivity contribution in [1.82, 2.24) is 15.1 Å². The molecule has 0 aromatic heterocycles. The number of nitrogens with one attached hydrogen (secondary N) is 1. The first kappa shape index (κ1) is 19.7. The zero-order valence-corrected chi connectivity index (χ0v) is 14.4. The molecular weight excluding hydrogens is 320 g/mol. The molecule has 0 radical (unpaired) electrons. The second-order valence-electron chi connectivity index (χ2n) is 6.20. The van der Waals surface area contributed by atoms with Crippen LogP contribution in [0.5, 0.6) is 0 Å². The van der Waals surface area contributed by atoms with Gasteiger partial charge in [-0.25, -0.2) is 0 Å².